The molecule has 1 amide bonds. The van der Waals surface area contributed by atoms with E-state index in [0.29, 0.717) is 16.7 Å². The van der Waals surface area contributed by atoms with E-state index in [1.165, 1.54) is 0 Å². The molecule has 1 fully saturated rings. The van der Waals surface area contributed by atoms with Crippen LogP contribution in [-0.4, -0.2) is 16.1 Å². The van der Waals surface area contributed by atoms with Gasteiger partial charge in [-0.05, 0) is 49.2 Å². The van der Waals surface area contributed by atoms with Crippen molar-refractivity contribution in [2.75, 3.05) is 10.6 Å². The van der Waals surface area contributed by atoms with Crippen LogP contribution in [0.3, 0.4) is 0 Å². The summed E-state index contributed by atoms with van der Waals surface area (Å²) in [4.78, 5) is 11.6. The van der Waals surface area contributed by atoms with E-state index in [2.05, 4.69) is 20.8 Å². The van der Waals surface area contributed by atoms with E-state index in [1.807, 2.05) is 12.1 Å². The van der Waals surface area contributed by atoms with Crippen LogP contribution in [0.25, 0.3) is 0 Å². The van der Waals surface area contributed by atoms with Gasteiger partial charge in [0, 0.05) is 16.6 Å². The maximum atomic E-state index is 11.6. The van der Waals surface area contributed by atoms with Gasteiger partial charge in [0.2, 0.25) is 5.91 Å². The molecule has 2 N–H and O–H groups in total. The second-order valence-corrected chi connectivity index (χ2v) is 5.14. The van der Waals surface area contributed by atoms with Crippen molar-refractivity contribution in [1.29, 1.82) is 0 Å². The zero-order chi connectivity index (χ0) is 13.9. The van der Waals surface area contributed by atoms with Crippen LogP contribution in [-0.2, 0) is 4.79 Å². The number of nitrogens with one attached hydrogen (secondary N) is 2. The first-order chi connectivity index (χ1) is 9.70. The molecule has 1 aliphatic carbocycles. The highest BCUT2D eigenvalue weighted by molar-refractivity contribution is 6.30. The van der Waals surface area contributed by atoms with E-state index in [1.54, 1.807) is 24.3 Å². The number of hydrogen-bond acceptors (Lipinski definition) is 4. The van der Waals surface area contributed by atoms with Crippen LogP contribution in [0.4, 0.5) is 17.3 Å². The van der Waals surface area contributed by atoms with E-state index in [-0.39, 0.29) is 11.8 Å². The number of hydrogen-bond donors (Lipinski definition) is 2. The maximum absolute atomic E-state index is 11.6. The van der Waals surface area contributed by atoms with Gasteiger partial charge in [0.25, 0.3) is 0 Å². The largest absolute Gasteiger partial charge is 0.339 e. The number of amides is 1. The van der Waals surface area contributed by atoms with Gasteiger partial charge in [-0.25, -0.2) is 0 Å². The Morgan fingerprint density at radius 3 is 2.30 bits per heavy atom. The molecule has 1 heterocycles. The minimum Gasteiger partial charge on any atom is -0.339 e. The predicted molar refractivity (Wildman–Crippen MR) is 78.1 cm³/mol. The minimum absolute atomic E-state index is 0.0257. The summed E-state index contributed by atoms with van der Waals surface area (Å²) in [6.45, 7) is 0. The number of nitrogens with zero attached hydrogens (tertiary/aromatic N) is 2. The molecular formula is C14H13ClN4O. The number of benzene rings is 1. The van der Waals surface area contributed by atoms with Crippen LogP contribution >= 0.6 is 11.6 Å². The van der Waals surface area contributed by atoms with Crippen molar-refractivity contribution >= 4 is 34.8 Å². The average Bonchev–Trinajstić information content (AvgIpc) is 3.28. The van der Waals surface area contributed by atoms with E-state index in [4.69, 9.17) is 11.6 Å². The van der Waals surface area contributed by atoms with E-state index in [9.17, 15) is 4.79 Å². The Morgan fingerprint density at radius 2 is 1.70 bits per heavy atom. The smallest absolute Gasteiger partial charge is 0.228 e. The molecule has 0 bridgehead atoms. The van der Waals surface area contributed by atoms with Gasteiger partial charge >= 0.3 is 0 Å². The van der Waals surface area contributed by atoms with Gasteiger partial charge in [-0.1, -0.05) is 11.6 Å². The van der Waals surface area contributed by atoms with Crippen LogP contribution in [0, 0.1) is 5.92 Å². The summed E-state index contributed by atoms with van der Waals surface area (Å²) in [6.07, 6.45) is 1.94. The van der Waals surface area contributed by atoms with Gasteiger partial charge in [-0.2, -0.15) is 0 Å². The normalized spacial score (nSPS) is 13.8. The van der Waals surface area contributed by atoms with Crippen molar-refractivity contribution in [1.82, 2.24) is 10.2 Å². The summed E-state index contributed by atoms with van der Waals surface area (Å²) in [7, 11) is 0. The molecule has 0 aliphatic heterocycles. The van der Waals surface area contributed by atoms with Crippen molar-refractivity contribution in [2.45, 2.75) is 12.8 Å². The van der Waals surface area contributed by atoms with E-state index in [0.717, 1.165) is 18.5 Å². The van der Waals surface area contributed by atoms with Crippen molar-refractivity contribution in [2.24, 2.45) is 5.92 Å². The second kappa shape index (κ2) is 5.46. The Morgan fingerprint density at radius 1 is 1.05 bits per heavy atom. The molecule has 0 atom stereocenters. The highest BCUT2D eigenvalue weighted by Crippen LogP contribution is 2.29. The van der Waals surface area contributed by atoms with Crippen molar-refractivity contribution in [3.63, 3.8) is 0 Å². The number of carbonyl (C=O) groups excluding carboxylic acids is 1. The van der Waals surface area contributed by atoms with Crippen molar-refractivity contribution < 1.29 is 4.79 Å². The lowest BCUT2D eigenvalue weighted by Crippen LogP contribution is -2.14. The van der Waals surface area contributed by atoms with Crippen LogP contribution < -0.4 is 10.6 Å². The van der Waals surface area contributed by atoms with Crippen LogP contribution in [0.5, 0.6) is 0 Å². The Hall–Kier alpha value is -2.14. The zero-order valence-corrected chi connectivity index (χ0v) is 11.4. The van der Waals surface area contributed by atoms with Gasteiger partial charge in [-0.3, -0.25) is 4.79 Å². The van der Waals surface area contributed by atoms with Crippen molar-refractivity contribution in [3.8, 4) is 0 Å². The van der Waals surface area contributed by atoms with Gasteiger partial charge < -0.3 is 10.6 Å². The topological polar surface area (TPSA) is 66.9 Å². The Kier molecular flexibility index (Phi) is 3.52. The summed E-state index contributed by atoms with van der Waals surface area (Å²) >= 11 is 5.82. The van der Waals surface area contributed by atoms with Gasteiger partial charge in [0.1, 0.15) is 0 Å². The Labute approximate surface area is 121 Å². The Balaban J connectivity index is 1.63. The van der Waals surface area contributed by atoms with Gasteiger partial charge in [-0.15, -0.1) is 10.2 Å². The summed E-state index contributed by atoms with van der Waals surface area (Å²) in [6, 6.07) is 10.8. The molecule has 3 rings (SSSR count). The summed E-state index contributed by atoms with van der Waals surface area (Å²) < 4.78 is 0. The molecule has 1 aromatic heterocycles. The van der Waals surface area contributed by atoms with Crippen molar-refractivity contribution in [3.05, 3.63) is 41.4 Å². The average molecular weight is 289 g/mol. The van der Waals surface area contributed by atoms with Gasteiger partial charge in [0.15, 0.2) is 11.6 Å². The first-order valence-corrected chi connectivity index (χ1v) is 6.76. The highest BCUT2D eigenvalue weighted by atomic mass is 35.5. The molecule has 102 valence electrons. The third kappa shape index (κ3) is 3.24. The third-order valence-corrected chi connectivity index (χ3v) is 3.23. The molecule has 1 aromatic carbocycles. The molecule has 0 spiro atoms. The van der Waals surface area contributed by atoms with Crippen LogP contribution in [0.15, 0.2) is 36.4 Å². The quantitative estimate of drug-likeness (QED) is 0.906. The fourth-order valence-electron chi connectivity index (χ4n) is 1.72. The standard InChI is InChI=1S/C14H13ClN4O/c15-10-3-5-11(6-4-10)16-12-7-8-13(19-18-12)17-14(20)9-1-2-9/h3-9H,1-2H2,(H,16,18)(H,17,19,20). The number of aromatic nitrogens is 2. The van der Waals surface area contributed by atoms with E-state index >= 15 is 0 Å². The third-order valence-electron chi connectivity index (χ3n) is 2.98. The molecular weight excluding hydrogens is 276 g/mol. The number of anilines is 3. The monoisotopic (exact) mass is 288 g/mol. The second-order valence-electron chi connectivity index (χ2n) is 4.70. The molecule has 0 saturated heterocycles. The first-order valence-electron chi connectivity index (χ1n) is 6.38. The first kappa shape index (κ1) is 12.9. The fraction of sp³-hybridized carbons (Fsp3) is 0.214. The maximum Gasteiger partial charge on any atom is 0.228 e. The molecule has 1 saturated carbocycles. The summed E-state index contributed by atoms with van der Waals surface area (Å²) in [5.41, 5.74) is 0.874. The molecule has 5 nitrogen and oxygen atoms in total. The molecule has 6 heteroatoms. The summed E-state index contributed by atoms with van der Waals surface area (Å²) in [5, 5.41) is 14.5. The minimum atomic E-state index is 0.0257. The fourth-order valence-corrected chi connectivity index (χ4v) is 1.85. The zero-order valence-electron chi connectivity index (χ0n) is 10.6. The highest BCUT2D eigenvalue weighted by Gasteiger charge is 2.29. The Bertz CT molecular complexity index is 608. The summed E-state index contributed by atoms with van der Waals surface area (Å²) in [5.74, 6) is 1.27. The molecule has 0 unspecified atom stereocenters. The lowest BCUT2D eigenvalue weighted by atomic mass is 10.3. The number of halogens is 1. The van der Waals surface area contributed by atoms with Gasteiger partial charge in [0.05, 0.1) is 0 Å². The lowest BCUT2D eigenvalue weighted by Gasteiger charge is -2.06. The molecule has 0 radical (unpaired) electrons. The predicted octanol–water partition coefficient (Wildman–Crippen LogP) is 3.22. The number of carbonyl (C=O) groups is 1. The molecule has 1 aliphatic rings. The SMILES string of the molecule is O=C(Nc1ccc(Nc2ccc(Cl)cc2)nn1)C1CC1. The number of rotatable bonds is 4. The van der Waals surface area contributed by atoms with E-state index < -0.39 is 0 Å². The van der Waals surface area contributed by atoms with Crippen LogP contribution in [0.2, 0.25) is 5.02 Å². The van der Waals surface area contributed by atoms with Crippen LogP contribution in [0.1, 0.15) is 12.8 Å². The lowest BCUT2D eigenvalue weighted by molar-refractivity contribution is -0.117. The molecule has 2 aromatic rings. The molecule has 20 heavy (non-hydrogen) atoms.